The highest BCUT2D eigenvalue weighted by atomic mass is 16.1. The van der Waals surface area contributed by atoms with Gasteiger partial charge in [-0.05, 0) is 23.6 Å². The zero-order valence-corrected chi connectivity index (χ0v) is 15.9. The maximum Gasteiger partial charge on any atom is 0.257 e. The summed E-state index contributed by atoms with van der Waals surface area (Å²) in [4.78, 5) is 24.3. The van der Waals surface area contributed by atoms with E-state index in [0.717, 1.165) is 33.1 Å². The smallest absolute Gasteiger partial charge is 0.257 e. The molecular weight excluding hydrogens is 374 g/mol. The molecule has 0 fully saturated rings. The van der Waals surface area contributed by atoms with E-state index in [2.05, 4.69) is 25.5 Å². The van der Waals surface area contributed by atoms with Gasteiger partial charge in [0.25, 0.3) is 5.56 Å². The number of hydrogen-bond donors (Lipinski definition) is 2. The van der Waals surface area contributed by atoms with Crippen LogP contribution in [0.1, 0.15) is 5.56 Å². The summed E-state index contributed by atoms with van der Waals surface area (Å²) in [6.45, 7) is 0. The van der Waals surface area contributed by atoms with Gasteiger partial charge in [0.05, 0.1) is 23.0 Å². The largest absolute Gasteiger partial charge is 0.321 e. The van der Waals surface area contributed by atoms with Crippen LogP contribution >= 0.6 is 0 Å². The first-order valence-corrected chi connectivity index (χ1v) is 9.51. The van der Waals surface area contributed by atoms with Gasteiger partial charge >= 0.3 is 0 Å². The van der Waals surface area contributed by atoms with E-state index in [9.17, 15) is 4.79 Å². The Morgan fingerprint density at radius 3 is 2.53 bits per heavy atom. The quantitative estimate of drug-likeness (QED) is 0.347. The Hall–Kier alpha value is -4.32. The number of nitrogens with zero attached hydrogens (tertiary/aromatic N) is 3. The van der Waals surface area contributed by atoms with Crippen LogP contribution < -0.4 is 11.0 Å². The van der Waals surface area contributed by atoms with E-state index in [1.54, 1.807) is 6.07 Å². The van der Waals surface area contributed by atoms with E-state index in [4.69, 9.17) is 0 Å². The number of anilines is 1. The fourth-order valence-corrected chi connectivity index (χ4v) is 3.36. The molecule has 144 valence electrons. The van der Waals surface area contributed by atoms with Crippen molar-refractivity contribution in [2.75, 3.05) is 5.43 Å². The number of hydrazone groups is 1. The summed E-state index contributed by atoms with van der Waals surface area (Å²) < 4.78 is 0. The summed E-state index contributed by atoms with van der Waals surface area (Å²) in [5.74, 6) is 0.362. The molecule has 0 aliphatic rings. The van der Waals surface area contributed by atoms with Gasteiger partial charge in [-0.3, -0.25) is 4.79 Å². The monoisotopic (exact) mass is 391 g/mol. The molecule has 2 aromatic heterocycles. The number of hydrogen-bond acceptors (Lipinski definition) is 5. The Balaban J connectivity index is 1.50. The van der Waals surface area contributed by atoms with Gasteiger partial charge in [0.1, 0.15) is 0 Å². The van der Waals surface area contributed by atoms with Crippen molar-refractivity contribution in [1.82, 2.24) is 15.0 Å². The second kappa shape index (κ2) is 7.60. The van der Waals surface area contributed by atoms with Gasteiger partial charge in [0.15, 0.2) is 0 Å². The van der Waals surface area contributed by atoms with Gasteiger partial charge in [0.2, 0.25) is 5.95 Å². The zero-order valence-electron chi connectivity index (χ0n) is 15.9. The van der Waals surface area contributed by atoms with E-state index >= 15 is 0 Å². The van der Waals surface area contributed by atoms with Crippen molar-refractivity contribution in [2.45, 2.75) is 0 Å². The molecule has 3 aromatic carbocycles. The van der Waals surface area contributed by atoms with Crippen LogP contribution in [-0.4, -0.2) is 21.2 Å². The van der Waals surface area contributed by atoms with Crippen molar-refractivity contribution in [1.29, 1.82) is 0 Å². The van der Waals surface area contributed by atoms with Gasteiger partial charge < -0.3 is 4.98 Å². The van der Waals surface area contributed by atoms with Crippen LogP contribution in [0.2, 0.25) is 0 Å². The van der Waals surface area contributed by atoms with Crippen molar-refractivity contribution in [3.8, 4) is 11.3 Å². The molecule has 5 aromatic rings. The van der Waals surface area contributed by atoms with Crippen LogP contribution in [0.3, 0.4) is 0 Å². The minimum Gasteiger partial charge on any atom is -0.321 e. The number of aromatic nitrogens is 3. The third-order valence-corrected chi connectivity index (χ3v) is 4.80. The summed E-state index contributed by atoms with van der Waals surface area (Å²) in [5, 5.41) is 6.10. The summed E-state index contributed by atoms with van der Waals surface area (Å²) in [5.41, 5.74) is 6.53. The summed E-state index contributed by atoms with van der Waals surface area (Å²) in [6.07, 6.45) is 1.48. The number of H-pyrrole nitrogens is 1. The highest BCUT2D eigenvalue weighted by molar-refractivity contribution is 5.93. The van der Waals surface area contributed by atoms with Crippen LogP contribution in [0.4, 0.5) is 5.95 Å². The van der Waals surface area contributed by atoms with Crippen LogP contribution in [0, 0.1) is 0 Å². The van der Waals surface area contributed by atoms with Gasteiger partial charge in [0, 0.05) is 16.5 Å². The molecule has 0 amide bonds. The van der Waals surface area contributed by atoms with E-state index < -0.39 is 0 Å². The third-order valence-electron chi connectivity index (χ3n) is 4.80. The molecule has 0 unspecified atom stereocenters. The fraction of sp³-hybridized carbons (Fsp3) is 0. The average Bonchev–Trinajstić information content (AvgIpc) is 2.79. The number of rotatable bonds is 4. The molecule has 0 spiro atoms. The first-order chi connectivity index (χ1) is 14.8. The predicted molar refractivity (Wildman–Crippen MR) is 121 cm³/mol. The fourth-order valence-electron chi connectivity index (χ4n) is 3.36. The van der Waals surface area contributed by atoms with Crippen LogP contribution in [-0.2, 0) is 0 Å². The molecule has 0 aliphatic heterocycles. The standard InChI is InChI=1S/C24H17N5O/c30-23-18(14-17-10-4-6-12-20(17)26-23)15-25-29-24-27-21-13-7-5-11-19(21)22(28-24)16-8-2-1-3-9-16/h1-15H,(H,26,30)(H,27,28,29)/b25-15-. The van der Waals surface area contributed by atoms with E-state index in [1.807, 2.05) is 78.9 Å². The molecule has 6 heteroatoms. The van der Waals surface area contributed by atoms with Crippen molar-refractivity contribution in [3.63, 3.8) is 0 Å². The van der Waals surface area contributed by atoms with Crippen LogP contribution in [0.5, 0.6) is 0 Å². The molecule has 0 aliphatic carbocycles. The minimum atomic E-state index is -0.205. The van der Waals surface area contributed by atoms with E-state index in [-0.39, 0.29) is 5.56 Å². The maximum atomic E-state index is 12.3. The van der Waals surface area contributed by atoms with Crippen molar-refractivity contribution in [2.24, 2.45) is 5.10 Å². The highest BCUT2D eigenvalue weighted by Gasteiger charge is 2.09. The number of para-hydroxylation sites is 2. The molecule has 6 nitrogen and oxygen atoms in total. The third kappa shape index (κ3) is 3.42. The Bertz CT molecular complexity index is 1440. The second-order valence-electron chi connectivity index (χ2n) is 6.79. The lowest BCUT2D eigenvalue weighted by atomic mass is 10.1. The topological polar surface area (TPSA) is 83.0 Å². The van der Waals surface area contributed by atoms with E-state index in [1.165, 1.54) is 6.21 Å². The molecule has 2 N–H and O–H groups in total. The average molecular weight is 391 g/mol. The lowest BCUT2D eigenvalue weighted by molar-refractivity contribution is 1.15. The molecule has 30 heavy (non-hydrogen) atoms. The lowest BCUT2D eigenvalue weighted by Gasteiger charge is -2.08. The number of nitrogens with one attached hydrogen (secondary N) is 2. The van der Waals surface area contributed by atoms with Crippen LogP contribution in [0.25, 0.3) is 33.1 Å². The van der Waals surface area contributed by atoms with Crippen molar-refractivity contribution >= 4 is 34.0 Å². The molecule has 2 heterocycles. The minimum absolute atomic E-state index is 0.205. The molecular formula is C24H17N5O. The molecule has 0 saturated heterocycles. The summed E-state index contributed by atoms with van der Waals surface area (Å²) in [6, 6.07) is 27.2. The first kappa shape index (κ1) is 17.8. The Morgan fingerprint density at radius 1 is 0.867 bits per heavy atom. The number of aromatic amines is 1. The Morgan fingerprint density at radius 2 is 1.63 bits per heavy atom. The SMILES string of the molecule is O=c1[nH]c2ccccc2cc1/C=N\Nc1nc(-c2ccccc2)c2ccccc2n1. The highest BCUT2D eigenvalue weighted by Crippen LogP contribution is 2.26. The number of benzene rings is 3. The van der Waals surface area contributed by atoms with Crippen molar-refractivity contribution in [3.05, 3.63) is 101 Å². The molecule has 0 bridgehead atoms. The normalized spacial score (nSPS) is 11.3. The molecule has 5 rings (SSSR count). The van der Waals surface area contributed by atoms with Gasteiger partial charge in [-0.25, -0.2) is 15.4 Å². The molecule has 0 saturated carbocycles. The summed E-state index contributed by atoms with van der Waals surface area (Å²) in [7, 11) is 0. The van der Waals surface area contributed by atoms with Crippen molar-refractivity contribution < 1.29 is 0 Å². The summed E-state index contributed by atoms with van der Waals surface area (Å²) >= 11 is 0. The van der Waals surface area contributed by atoms with Gasteiger partial charge in [-0.15, -0.1) is 0 Å². The number of pyridine rings is 1. The predicted octanol–water partition coefficient (Wildman–Crippen LogP) is 4.58. The Labute approximate surface area is 172 Å². The number of fused-ring (bicyclic) bond motifs is 2. The van der Waals surface area contributed by atoms with Gasteiger partial charge in [-0.1, -0.05) is 66.7 Å². The first-order valence-electron chi connectivity index (χ1n) is 9.51. The Kier molecular flexibility index (Phi) is 4.50. The van der Waals surface area contributed by atoms with Crippen LogP contribution in [0.15, 0.2) is 94.8 Å². The maximum absolute atomic E-state index is 12.3. The molecule has 0 atom stereocenters. The lowest BCUT2D eigenvalue weighted by Crippen LogP contribution is -2.12. The van der Waals surface area contributed by atoms with E-state index in [0.29, 0.717) is 11.5 Å². The molecule has 0 radical (unpaired) electrons. The van der Waals surface area contributed by atoms with Gasteiger partial charge in [-0.2, -0.15) is 5.10 Å². The zero-order chi connectivity index (χ0) is 20.3. The second-order valence-corrected chi connectivity index (χ2v) is 6.79.